The Balaban J connectivity index is 2.09. The Morgan fingerprint density at radius 2 is 2.05 bits per heavy atom. The summed E-state index contributed by atoms with van der Waals surface area (Å²) in [6, 6.07) is 7.89. The number of nitrogens with zero attached hydrogens (tertiary/aromatic N) is 1. The number of thioether (sulfide) groups is 1. The molecule has 1 amide bonds. The van der Waals surface area contributed by atoms with Gasteiger partial charge in [0.1, 0.15) is 0 Å². The molecular weight excluding hydrogens is 256 g/mol. The van der Waals surface area contributed by atoms with E-state index >= 15 is 0 Å². The molecule has 0 aliphatic carbocycles. The molecule has 2 atom stereocenters. The van der Waals surface area contributed by atoms with E-state index in [1.54, 1.807) is 11.8 Å². The molecule has 0 radical (unpaired) electrons. The van der Waals surface area contributed by atoms with E-state index in [-0.39, 0.29) is 11.9 Å². The fourth-order valence-electron chi connectivity index (χ4n) is 2.26. The number of aryl methyl sites for hydroxylation is 1. The molecule has 102 valence electrons. The van der Waals surface area contributed by atoms with Crippen molar-refractivity contribution in [1.29, 1.82) is 0 Å². The third-order valence-corrected chi connectivity index (χ3v) is 4.42. The van der Waals surface area contributed by atoms with Gasteiger partial charge in [-0.05, 0) is 24.5 Å². The maximum Gasteiger partial charge on any atom is 0.257 e. The molecule has 0 saturated carbocycles. The summed E-state index contributed by atoms with van der Waals surface area (Å²) in [4.78, 5) is 16.8. The summed E-state index contributed by atoms with van der Waals surface area (Å²) >= 11 is 1.65. The molecule has 1 aliphatic heterocycles. The molecule has 1 aliphatic rings. The zero-order chi connectivity index (χ0) is 14.0. The zero-order valence-electron chi connectivity index (χ0n) is 11.8. The summed E-state index contributed by atoms with van der Waals surface area (Å²) in [5, 5.41) is 4.10. The molecule has 0 fully saturated rings. The van der Waals surface area contributed by atoms with E-state index in [1.165, 1.54) is 0 Å². The Morgan fingerprint density at radius 1 is 1.37 bits per heavy atom. The van der Waals surface area contributed by atoms with Gasteiger partial charge in [0.15, 0.2) is 5.17 Å². The molecule has 0 aromatic heterocycles. The maximum atomic E-state index is 12.2. The summed E-state index contributed by atoms with van der Waals surface area (Å²) in [5.74, 6) is 0.427. The van der Waals surface area contributed by atoms with Crippen molar-refractivity contribution in [1.82, 2.24) is 5.32 Å². The first-order chi connectivity index (χ1) is 8.99. The van der Waals surface area contributed by atoms with Crippen LogP contribution in [0.4, 0.5) is 0 Å². The Hall–Kier alpha value is -1.29. The number of amides is 1. The van der Waals surface area contributed by atoms with Gasteiger partial charge in [0, 0.05) is 10.8 Å². The highest BCUT2D eigenvalue weighted by atomic mass is 32.2. The second-order valence-electron chi connectivity index (χ2n) is 5.26. The standard InChI is InChI=1S/C15H20N2OS/c1-9(2)13-11(4)19-15(16-13)17-14(18)12-8-6-5-7-10(12)3/h5-9,11,13H,1-4H3,(H,16,17,18). The number of hydrogen-bond acceptors (Lipinski definition) is 3. The van der Waals surface area contributed by atoms with E-state index in [1.807, 2.05) is 31.2 Å². The summed E-state index contributed by atoms with van der Waals surface area (Å²) in [5.41, 5.74) is 1.70. The Morgan fingerprint density at radius 3 is 2.63 bits per heavy atom. The molecule has 0 bridgehead atoms. The summed E-state index contributed by atoms with van der Waals surface area (Å²) in [7, 11) is 0. The van der Waals surface area contributed by atoms with Crippen molar-refractivity contribution in [3.8, 4) is 0 Å². The SMILES string of the molecule is Cc1ccccc1C(=O)NC1=NC(C(C)C)C(C)S1. The number of aliphatic imine (C=N–C) groups is 1. The van der Waals surface area contributed by atoms with Crippen molar-refractivity contribution >= 4 is 22.8 Å². The van der Waals surface area contributed by atoms with Crippen LogP contribution in [0.25, 0.3) is 0 Å². The molecule has 2 unspecified atom stereocenters. The van der Waals surface area contributed by atoms with Crippen molar-refractivity contribution in [2.45, 2.75) is 39.0 Å². The van der Waals surface area contributed by atoms with Gasteiger partial charge in [-0.3, -0.25) is 9.79 Å². The molecule has 2 rings (SSSR count). The molecule has 1 N–H and O–H groups in total. The number of rotatable bonds is 2. The van der Waals surface area contributed by atoms with Crippen LogP contribution >= 0.6 is 11.8 Å². The van der Waals surface area contributed by atoms with E-state index in [0.717, 1.165) is 10.7 Å². The predicted molar refractivity (Wildman–Crippen MR) is 81.8 cm³/mol. The van der Waals surface area contributed by atoms with Gasteiger partial charge in [0.2, 0.25) is 0 Å². The first-order valence-electron chi connectivity index (χ1n) is 6.60. The van der Waals surface area contributed by atoms with Crippen LogP contribution in [-0.4, -0.2) is 22.4 Å². The van der Waals surface area contributed by atoms with Crippen LogP contribution in [0.2, 0.25) is 0 Å². The van der Waals surface area contributed by atoms with E-state index in [0.29, 0.717) is 16.7 Å². The smallest absolute Gasteiger partial charge is 0.257 e. The average molecular weight is 276 g/mol. The van der Waals surface area contributed by atoms with E-state index in [4.69, 9.17) is 0 Å². The van der Waals surface area contributed by atoms with Crippen LogP contribution in [0.1, 0.15) is 36.7 Å². The number of carbonyl (C=O) groups excluding carboxylic acids is 1. The lowest BCUT2D eigenvalue weighted by Crippen LogP contribution is -2.28. The second kappa shape index (κ2) is 5.78. The zero-order valence-corrected chi connectivity index (χ0v) is 12.6. The van der Waals surface area contributed by atoms with Gasteiger partial charge >= 0.3 is 0 Å². The average Bonchev–Trinajstić information content (AvgIpc) is 2.70. The minimum absolute atomic E-state index is 0.0686. The monoisotopic (exact) mass is 276 g/mol. The summed E-state index contributed by atoms with van der Waals surface area (Å²) < 4.78 is 0. The Kier molecular flexibility index (Phi) is 4.30. The second-order valence-corrected chi connectivity index (χ2v) is 6.63. The minimum Gasteiger partial charge on any atom is -0.301 e. The lowest BCUT2D eigenvalue weighted by Gasteiger charge is -2.14. The fourth-order valence-corrected chi connectivity index (χ4v) is 3.46. The highest BCUT2D eigenvalue weighted by Gasteiger charge is 2.29. The number of hydrogen-bond donors (Lipinski definition) is 1. The van der Waals surface area contributed by atoms with Gasteiger partial charge < -0.3 is 5.32 Å². The maximum absolute atomic E-state index is 12.2. The van der Waals surface area contributed by atoms with Crippen LogP contribution < -0.4 is 5.32 Å². The largest absolute Gasteiger partial charge is 0.301 e. The fraction of sp³-hybridized carbons (Fsp3) is 0.467. The van der Waals surface area contributed by atoms with E-state index in [2.05, 4.69) is 31.1 Å². The molecular formula is C15H20N2OS. The van der Waals surface area contributed by atoms with E-state index < -0.39 is 0 Å². The van der Waals surface area contributed by atoms with Crippen LogP contribution in [-0.2, 0) is 0 Å². The minimum atomic E-state index is -0.0686. The van der Waals surface area contributed by atoms with Crippen molar-refractivity contribution < 1.29 is 4.79 Å². The van der Waals surface area contributed by atoms with Gasteiger partial charge in [0.05, 0.1) is 6.04 Å². The number of amidine groups is 1. The van der Waals surface area contributed by atoms with Crippen LogP contribution in [0.15, 0.2) is 29.3 Å². The molecule has 0 saturated heterocycles. The number of benzene rings is 1. The first-order valence-corrected chi connectivity index (χ1v) is 7.48. The molecule has 1 aromatic carbocycles. The third-order valence-electron chi connectivity index (χ3n) is 3.34. The lowest BCUT2D eigenvalue weighted by molar-refractivity contribution is 0.0977. The number of carbonyl (C=O) groups is 1. The van der Waals surface area contributed by atoms with Gasteiger partial charge in [-0.2, -0.15) is 0 Å². The van der Waals surface area contributed by atoms with Gasteiger partial charge in [-0.15, -0.1) is 0 Å². The van der Waals surface area contributed by atoms with Crippen LogP contribution in [0.3, 0.4) is 0 Å². The summed E-state index contributed by atoms with van der Waals surface area (Å²) in [6.07, 6.45) is 0. The summed E-state index contributed by atoms with van der Waals surface area (Å²) in [6.45, 7) is 8.43. The predicted octanol–water partition coefficient (Wildman–Crippen LogP) is 3.24. The highest BCUT2D eigenvalue weighted by molar-refractivity contribution is 8.14. The molecule has 1 heterocycles. The molecule has 1 aromatic rings. The third kappa shape index (κ3) is 3.18. The van der Waals surface area contributed by atoms with Gasteiger partial charge in [-0.1, -0.05) is 50.7 Å². The number of nitrogens with one attached hydrogen (secondary N) is 1. The Bertz CT molecular complexity index is 511. The topological polar surface area (TPSA) is 41.5 Å². The molecule has 4 heteroatoms. The van der Waals surface area contributed by atoms with Crippen molar-refractivity contribution in [2.24, 2.45) is 10.9 Å². The van der Waals surface area contributed by atoms with Crippen molar-refractivity contribution in [2.75, 3.05) is 0 Å². The molecule has 19 heavy (non-hydrogen) atoms. The van der Waals surface area contributed by atoms with Gasteiger partial charge in [-0.25, -0.2) is 0 Å². The van der Waals surface area contributed by atoms with Crippen LogP contribution in [0, 0.1) is 12.8 Å². The van der Waals surface area contributed by atoms with Crippen LogP contribution in [0.5, 0.6) is 0 Å². The van der Waals surface area contributed by atoms with Gasteiger partial charge in [0.25, 0.3) is 5.91 Å². The lowest BCUT2D eigenvalue weighted by atomic mass is 10.0. The molecule has 3 nitrogen and oxygen atoms in total. The van der Waals surface area contributed by atoms with E-state index in [9.17, 15) is 4.79 Å². The van der Waals surface area contributed by atoms with Crippen molar-refractivity contribution in [3.05, 3.63) is 35.4 Å². The quantitative estimate of drug-likeness (QED) is 0.901. The first kappa shape index (κ1) is 14.1. The Labute approximate surface area is 118 Å². The molecule has 0 spiro atoms. The van der Waals surface area contributed by atoms with Crippen molar-refractivity contribution in [3.63, 3.8) is 0 Å². The highest BCUT2D eigenvalue weighted by Crippen LogP contribution is 2.29. The normalized spacial score (nSPS) is 22.5.